The van der Waals surface area contributed by atoms with Crippen molar-refractivity contribution in [2.24, 2.45) is 0 Å². The highest BCUT2D eigenvalue weighted by Crippen LogP contribution is 2.12. The molecule has 0 aliphatic rings. The smallest absolute Gasteiger partial charge is 0.274 e. The number of nitrogens with one attached hydrogen (secondary N) is 2. The van der Waals surface area contributed by atoms with Crippen LogP contribution in [0.25, 0.3) is 0 Å². The Kier molecular flexibility index (Phi) is 5.59. The minimum Gasteiger partial charge on any atom is -0.350 e. The van der Waals surface area contributed by atoms with Crippen LogP contribution in [0.2, 0.25) is 0 Å². The summed E-state index contributed by atoms with van der Waals surface area (Å²) in [6.45, 7) is 4.75. The Morgan fingerprint density at radius 3 is 2.58 bits per heavy atom. The Hall–Kier alpha value is -3.21. The number of nitrogens with zero attached hydrogens (tertiary/aromatic N) is 2. The summed E-state index contributed by atoms with van der Waals surface area (Å²) in [6.07, 6.45) is 2.55. The van der Waals surface area contributed by atoms with Gasteiger partial charge in [0.1, 0.15) is 5.69 Å². The molecule has 0 bridgehead atoms. The van der Waals surface area contributed by atoms with E-state index in [1.54, 1.807) is 12.3 Å². The van der Waals surface area contributed by atoms with Gasteiger partial charge in [-0.1, -0.05) is 48.9 Å². The zero-order valence-electron chi connectivity index (χ0n) is 15.0. The van der Waals surface area contributed by atoms with Crippen LogP contribution in [0.3, 0.4) is 0 Å². The van der Waals surface area contributed by atoms with Gasteiger partial charge in [0.25, 0.3) is 5.91 Å². The first kappa shape index (κ1) is 17.6. The molecule has 5 nitrogen and oxygen atoms in total. The average molecular weight is 346 g/mol. The second-order valence-electron chi connectivity index (χ2n) is 6.11. The Balaban J connectivity index is 1.64. The summed E-state index contributed by atoms with van der Waals surface area (Å²) in [7, 11) is 0. The third-order valence-corrected chi connectivity index (χ3v) is 4.04. The molecule has 0 aliphatic heterocycles. The van der Waals surface area contributed by atoms with E-state index in [2.05, 4.69) is 46.6 Å². The van der Waals surface area contributed by atoms with Gasteiger partial charge in [0.05, 0.1) is 0 Å². The van der Waals surface area contributed by atoms with Gasteiger partial charge in [-0.3, -0.25) is 4.79 Å². The van der Waals surface area contributed by atoms with Gasteiger partial charge in [0, 0.05) is 18.4 Å². The second-order valence-corrected chi connectivity index (χ2v) is 6.11. The molecule has 132 valence electrons. The number of hydrogen-bond donors (Lipinski definition) is 2. The van der Waals surface area contributed by atoms with Crippen LogP contribution in [-0.4, -0.2) is 15.9 Å². The highest BCUT2D eigenvalue weighted by atomic mass is 16.1. The normalized spacial score (nSPS) is 10.4. The van der Waals surface area contributed by atoms with Gasteiger partial charge in [0.15, 0.2) is 0 Å². The fourth-order valence-electron chi connectivity index (χ4n) is 2.59. The van der Waals surface area contributed by atoms with Crippen molar-refractivity contribution in [1.82, 2.24) is 9.97 Å². The quantitative estimate of drug-likeness (QED) is 0.701. The van der Waals surface area contributed by atoms with E-state index in [4.69, 9.17) is 0 Å². The number of anilines is 2. The molecule has 1 amide bonds. The van der Waals surface area contributed by atoms with E-state index in [9.17, 15) is 4.79 Å². The van der Waals surface area contributed by atoms with Gasteiger partial charge in [-0.2, -0.15) is 0 Å². The summed E-state index contributed by atoms with van der Waals surface area (Å²) in [5.74, 6) is 0.177. The molecule has 3 aromatic rings. The van der Waals surface area contributed by atoms with Crippen LogP contribution in [0, 0.1) is 6.92 Å². The van der Waals surface area contributed by atoms with E-state index in [0.717, 1.165) is 17.7 Å². The molecule has 1 aromatic heterocycles. The topological polar surface area (TPSA) is 66.9 Å². The van der Waals surface area contributed by atoms with E-state index in [0.29, 0.717) is 18.2 Å². The van der Waals surface area contributed by atoms with E-state index >= 15 is 0 Å². The molecule has 0 fully saturated rings. The van der Waals surface area contributed by atoms with Crippen LogP contribution in [0.1, 0.15) is 34.1 Å². The van der Waals surface area contributed by atoms with Crippen LogP contribution in [0.4, 0.5) is 11.6 Å². The van der Waals surface area contributed by atoms with Crippen molar-refractivity contribution >= 4 is 17.5 Å². The van der Waals surface area contributed by atoms with Crippen molar-refractivity contribution in [2.75, 3.05) is 10.6 Å². The summed E-state index contributed by atoms with van der Waals surface area (Å²) < 4.78 is 0. The van der Waals surface area contributed by atoms with Crippen molar-refractivity contribution in [3.05, 3.63) is 83.2 Å². The first-order valence-electron chi connectivity index (χ1n) is 8.67. The minimum atomic E-state index is -0.254. The van der Waals surface area contributed by atoms with Crippen molar-refractivity contribution in [3.8, 4) is 0 Å². The molecule has 0 spiro atoms. The highest BCUT2D eigenvalue weighted by molar-refractivity contribution is 6.02. The van der Waals surface area contributed by atoms with Crippen molar-refractivity contribution in [3.63, 3.8) is 0 Å². The highest BCUT2D eigenvalue weighted by Gasteiger charge is 2.09. The molecule has 0 unspecified atom stereocenters. The predicted octanol–water partition coefficient (Wildman–Crippen LogP) is 4.21. The van der Waals surface area contributed by atoms with Crippen molar-refractivity contribution in [1.29, 1.82) is 0 Å². The Labute approximate surface area is 153 Å². The van der Waals surface area contributed by atoms with Crippen LogP contribution >= 0.6 is 0 Å². The summed E-state index contributed by atoms with van der Waals surface area (Å²) in [6, 6.07) is 17.6. The van der Waals surface area contributed by atoms with Gasteiger partial charge in [-0.05, 0) is 42.7 Å². The number of benzene rings is 2. The van der Waals surface area contributed by atoms with E-state index < -0.39 is 0 Å². The monoisotopic (exact) mass is 346 g/mol. The fourth-order valence-corrected chi connectivity index (χ4v) is 2.59. The minimum absolute atomic E-state index is 0.254. The standard InChI is InChI=1S/C21H22N4O/c1-3-16-7-9-18(10-8-16)24-20(26)19-11-12-22-21(25-19)23-14-17-6-4-5-15(2)13-17/h4-13H,3,14H2,1-2H3,(H,24,26)(H,22,23,25). The van der Waals surface area contributed by atoms with Crippen molar-refractivity contribution in [2.45, 2.75) is 26.8 Å². The lowest BCUT2D eigenvalue weighted by Crippen LogP contribution is -2.15. The molecular formula is C21H22N4O. The molecule has 0 aliphatic carbocycles. The Morgan fingerprint density at radius 1 is 1.04 bits per heavy atom. The van der Waals surface area contributed by atoms with Gasteiger partial charge >= 0.3 is 0 Å². The molecule has 26 heavy (non-hydrogen) atoms. The van der Waals surface area contributed by atoms with E-state index in [1.807, 2.05) is 36.4 Å². The molecular weight excluding hydrogens is 324 g/mol. The molecule has 5 heteroatoms. The largest absolute Gasteiger partial charge is 0.350 e. The van der Waals surface area contributed by atoms with Crippen LogP contribution < -0.4 is 10.6 Å². The number of aromatic nitrogens is 2. The van der Waals surface area contributed by atoms with E-state index in [-0.39, 0.29) is 5.91 Å². The fraction of sp³-hybridized carbons (Fsp3) is 0.190. The van der Waals surface area contributed by atoms with Crippen LogP contribution in [-0.2, 0) is 13.0 Å². The number of hydrogen-bond acceptors (Lipinski definition) is 4. The molecule has 2 aromatic carbocycles. The maximum atomic E-state index is 12.4. The average Bonchev–Trinajstić information content (AvgIpc) is 2.67. The summed E-state index contributed by atoms with van der Waals surface area (Å²) >= 11 is 0. The Morgan fingerprint density at radius 2 is 1.85 bits per heavy atom. The number of aryl methyl sites for hydroxylation is 2. The number of carbonyl (C=O) groups is 1. The lowest BCUT2D eigenvalue weighted by Gasteiger charge is -2.08. The first-order chi connectivity index (χ1) is 12.6. The number of carbonyl (C=O) groups excluding carboxylic acids is 1. The van der Waals surface area contributed by atoms with E-state index in [1.165, 1.54) is 11.1 Å². The number of rotatable bonds is 6. The lowest BCUT2D eigenvalue weighted by molar-refractivity contribution is 0.102. The Bertz CT molecular complexity index is 891. The molecule has 0 radical (unpaired) electrons. The third kappa shape index (κ3) is 4.66. The van der Waals surface area contributed by atoms with Gasteiger partial charge in [0.2, 0.25) is 5.95 Å². The lowest BCUT2D eigenvalue weighted by atomic mass is 10.1. The molecule has 0 atom stereocenters. The molecule has 0 saturated heterocycles. The number of amides is 1. The summed E-state index contributed by atoms with van der Waals surface area (Å²) in [5, 5.41) is 6.02. The summed E-state index contributed by atoms with van der Waals surface area (Å²) in [4.78, 5) is 20.9. The first-order valence-corrected chi connectivity index (χ1v) is 8.67. The van der Waals surface area contributed by atoms with Gasteiger partial charge in [-0.25, -0.2) is 9.97 Å². The second kappa shape index (κ2) is 8.25. The molecule has 1 heterocycles. The molecule has 0 saturated carbocycles. The molecule has 3 rings (SSSR count). The summed E-state index contributed by atoms with van der Waals surface area (Å²) in [5.41, 5.74) is 4.64. The predicted molar refractivity (Wildman–Crippen MR) is 104 cm³/mol. The van der Waals surface area contributed by atoms with Crippen molar-refractivity contribution < 1.29 is 4.79 Å². The maximum absolute atomic E-state index is 12.4. The zero-order valence-corrected chi connectivity index (χ0v) is 15.0. The molecule has 2 N–H and O–H groups in total. The SMILES string of the molecule is CCc1ccc(NC(=O)c2ccnc(NCc3cccc(C)c3)n2)cc1. The van der Waals surface area contributed by atoms with Gasteiger partial charge < -0.3 is 10.6 Å². The van der Waals surface area contributed by atoms with Gasteiger partial charge in [-0.15, -0.1) is 0 Å². The van der Waals surface area contributed by atoms with Crippen LogP contribution in [0.5, 0.6) is 0 Å². The zero-order chi connectivity index (χ0) is 18.4. The third-order valence-electron chi connectivity index (χ3n) is 4.04. The maximum Gasteiger partial charge on any atom is 0.274 e. The van der Waals surface area contributed by atoms with Crippen LogP contribution in [0.15, 0.2) is 60.8 Å².